The Morgan fingerprint density at radius 2 is 2.00 bits per heavy atom. The van der Waals surface area contributed by atoms with E-state index in [4.69, 9.17) is 11.6 Å². The molecule has 20 heavy (non-hydrogen) atoms. The average molecular weight is 408 g/mol. The van der Waals surface area contributed by atoms with Crippen LogP contribution in [0.3, 0.4) is 0 Å². The molecule has 0 amide bonds. The van der Waals surface area contributed by atoms with Gasteiger partial charge in [0.25, 0.3) is 0 Å². The van der Waals surface area contributed by atoms with E-state index in [0.717, 1.165) is 36.3 Å². The molecule has 0 aromatic heterocycles. The normalized spacial score (nSPS) is 21.1. The summed E-state index contributed by atoms with van der Waals surface area (Å²) >= 11 is 5.86. The van der Waals surface area contributed by atoms with Gasteiger partial charge in [-0.2, -0.15) is 0 Å². The Morgan fingerprint density at radius 3 is 2.55 bits per heavy atom. The van der Waals surface area contributed by atoms with Gasteiger partial charge >= 0.3 is 0 Å². The Morgan fingerprint density at radius 1 is 1.35 bits per heavy atom. The highest BCUT2D eigenvalue weighted by molar-refractivity contribution is 14.0. The number of aliphatic imine (C=N–C) groups is 1. The SMILES string of the molecule is CN=C(NCCCc1ccc(Cl)cc1)NC1CC1C.I. The fraction of sp³-hybridized carbons (Fsp3) is 0.533. The molecule has 2 unspecified atom stereocenters. The molecule has 2 N–H and O–H groups in total. The highest BCUT2D eigenvalue weighted by Crippen LogP contribution is 2.28. The number of guanidine groups is 1. The first-order valence-electron chi connectivity index (χ1n) is 6.90. The van der Waals surface area contributed by atoms with E-state index in [1.54, 1.807) is 0 Å². The van der Waals surface area contributed by atoms with Crippen LogP contribution in [0.25, 0.3) is 0 Å². The van der Waals surface area contributed by atoms with E-state index in [1.807, 2.05) is 19.2 Å². The number of nitrogens with one attached hydrogen (secondary N) is 2. The van der Waals surface area contributed by atoms with E-state index in [1.165, 1.54) is 12.0 Å². The van der Waals surface area contributed by atoms with Gasteiger partial charge in [-0.3, -0.25) is 4.99 Å². The minimum Gasteiger partial charge on any atom is -0.356 e. The van der Waals surface area contributed by atoms with Crippen molar-refractivity contribution in [1.82, 2.24) is 10.6 Å². The van der Waals surface area contributed by atoms with Crippen LogP contribution in [0.1, 0.15) is 25.3 Å². The molecule has 1 fully saturated rings. The zero-order chi connectivity index (χ0) is 13.7. The summed E-state index contributed by atoms with van der Waals surface area (Å²) < 4.78 is 0. The number of hydrogen-bond acceptors (Lipinski definition) is 1. The fourth-order valence-electron chi connectivity index (χ4n) is 2.04. The van der Waals surface area contributed by atoms with Crippen LogP contribution in [0.15, 0.2) is 29.3 Å². The van der Waals surface area contributed by atoms with Crippen LogP contribution in [-0.4, -0.2) is 25.6 Å². The van der Waals surface area contributed by atoms with Crippen molar-refractivity contribution in [2.24, 2.45) is 10.9 Å². The molecule has 0 aliphatic heterocycles. The van der Waals surface area contributed by atoms with Crippen molar-refractivity contribution in [3.63, 3.8) is 0 Å². The predicted octanol–water partition coefficient (Wildman–Crippen LogP) is 3.46. The fourth-order valence-corrected chi connectivity index (χ4v) is 2.17. The van der Waals surface area contributed by atoms with Gasteiger partial charge in [0.1, 0.15) is 0 Å². The molecular weight excluding hydrogens is 385 g/mol. The van der Waals surface area contributed by atoms with Crippen molar-refractivity contribution in [3.8, 4) is 0 Å². The summed E-state index contributed by atoms with van der Waals surface area (Å²) in [5, 5.41) is 7.57. The second-order valence-electron chi connectivity index (χ2n) is 5.19. The Hall–Kier alpha value is -0.490. The van der Waals surface area contributed by atoms with Gasteiger partial charge in [0.05, 0.1) is 0 Å². The van der Waals surface area contributed by atoms with E-state index in [-0.39, 0.29) is 24.0 Å². The molecule has 2 rings (SSSR count). The van der Waals surface area contributed by atoms with Gasteiger partial charge in [-0.1, -0.05) is 30.7 Å². The van der Waals surface area contributed by atoms with Crippen molar-refractivity contribution in [2.45, 2.75) is 32.2 Å². The van der Waals surface area contributed by atoms with Gasteiger partial charge in [-0.25, -0.2) is 0 Å². The lowest BCUT2D eigenvalue weighted by atomic mass is 10.1. The minimum atomic E-state index is 0. The first-order chi connectivity index (χ1) is 9.19. The van der Waals surface area contributed by atoms with Crippen molar-refractivity contribution in [3.05, 3.63) is 34.9 Å². The summed E-state index contributed by atoms with van der Waals surface area (Å²) in [6.45, 7) is 3.19. The molecule has 0 heterocycles. The van der Waals surface area contributed by atoms with E-state index >= 15 is 0 Å². The van der Waals surface area contributed by atoms with Gasteiger partial charge < -0.3 is 10.6 Å². The van der Waals surface area contributed by atoms with Crippen LogP contribution in [0.4, 0.5) is 0 Å². The lowest BCUT2D eigenvalue weighted by Crippen LogP contribution is -2.39. The molecule has 0 radical (unpaired) electrons. The quantitative estimate of drug-likeness (QED) is 0.339. The smallest absolute Gasteiger partial charge is 0.191 e. The van der Waals surface area contributed by atoms with Crippen molar-refractivity contribution in [1.29, 1.82) is 0 Å². The number of nitrogens with zero attached hydrogens (tertiary/aromatic N) is 1. The monoisotopic (exact) mass is 407 g/mol. The lowest BCUT2D eigenvalue weighted by Gasteiger charge is -2.11. The summed E-state index contributed by atoms with van der Waals surface area (Å²) in [6.07, 6.45) is 3.40. The molecule has 3 nitrogen and oxygen atoms in total. The van der Waals surface area contributed by atoms with Crippen LogP contribution >= 0.6 is 35.6 Å². The molecule has 1 aromatic carbocycles. The molecule has 112 valence electrons. The molecule has 5 heteroatoms. The topological polar surface area (TPSA) is 36.4 Å². The average Bonchev–Trinajstić information content (AvgIpc) is 3.11. The molecular formula is C15H23ClIN3. The Kier molecular flexibility index (Phi) is 7.66. The van der Waals surface area contributed by atoms with Crippen LogP contribution in [0.2, 0.25) is 5.02 Å². The third kappa shape index (κ3) is 5.87. The molecule has 0 saturated heterocycles. The molecule has 0 bridgehead atoms. The number of halogens is 2. The van der Waals surface area contributed by atoms with Crippen molar-refractivity contribution < 1.29 is 0 Å². The summed E-state index contributed by atoms with van der Waals surface area (Å²) in [6, 6.07) is 8.67. The molecule has 1 saturated carbocycles. The maximum absolute atomic E-state index is 5.86. The number of rotatable bonds is 5. The van der Waals surface area contributed by atoms with Gasteiger partial charge in [0.2, 0.25) is 0 Å². The Balaban J connectivity index is 0.00000200. The third-order valence-electron chi connectivity index (χ3n) is 3.50. The number of aryl methyl sites for hydroxylation is 1. The first kappa shape index (κ1) is 17.6. The van der Waals surface area contributed by atoms with E-state index in [9.17, 15) is 0 Å². The van der Waals surface area contributed by atoms with Crippen LogP contribution in [0.5, 0.6) is 0 Å². The highest BCUT2D eigenvalue weighted by atomic mass is 127. The molecule has 2 atom stereocenters. The zero-order valence-electron chi connectivity index (χ0n) is 12.0. The van der Waals surface area contributed by atoms with Crippen LogP contribution < -0.4 is 10.6 Å². The number of benzene rings is 1. The van der Waals surface area contributed by atoms with Crippen molar-refractivity contribution in [2.75, 3.05) is 13.6 Å². The zero-order valence-corrected chi connectivity index (χ0v) is 15.1. The minimum absolute atomic E-state index is 0. The van der Waals surface area contributed by atoms with Gasteiger partial charge in [-0.05, 0) is 42.9 Å². The van der Waals surface area contributed by atoms with E-state index in [0.29, 0.717) is 6.04 Å². The Labute approximate surface area is 143 Å². The summed E-state index contributed by atoms with van der Waals surface area (Å²) in [5.41, 5.74) is 1.32. The maximum atomic E-state index is 5.86. The third-order valence-corrected chi connectivity index (χ3v) is 3.76. The van der Waals surface area contributed by atoms with E-state index < -0.39 is 0 Å². The predicted molar refractivity (Wildman–Crippen MR) is 97.3 cm³/mol. The van der Waals surface area contributed by atoms with Gasteiger partial charge in [0, 0.05) is 24.7 Å². The molecule has 1 aliphatic rings. The second-order valence-corrected chi connectivity index (χ2v) is 5.63. The molecule has 1 aliphatic carbocycles. The lowest BCUT2D eigenvalue weighted by molar-refractivity contribution is 0.726. The molecule has 1 aromatic rings. The van der Waals surface area contributed by atoms with Crippen LogP contribution in [-0.2, 0) is 6.42 Å². The van der Waals surface area contributed by atoms with Gasteiger partial charge in [-0.15, -0.1) is 24.0 Å². The first-order valence-corrected chi connectivity index (χ1v) is 7.28. The van der Waals surface area contributed by atoms with E-state index in [2.05, 4.69) is 34.7 Å². The second kappa shape index (κ2) is 8.72. The standard InChI is InChI=1S/C15H22ClN3.HI/c1-11-10-14(11)19-15(17-2)18-9-3-4-12-5-7-13(16)8-6-12;/h5-8,11,14H,3-4,9-10H2,1-2H3,(H2,17,18,19);1H. The largest absolute Gasteiger partial charge is 0.356 e. The summed E-state index contributed by atoms with van der Waals surface area (Å²) in [4.78, 5) is 4.24. The summed E-state index contributed by atoms with van der Waals surface area (Å²) in [7, 11) is 1.82. The highest BCUT2D eigenvalue weighted by Gasteiger charge is 2.32. The number of hydrogen-bond donors (Lipinski definition) is 2. The van der Waals surface area contributed by atoms with Crippen LogP contribution in [0, 0.1) is 5.92 Å². The molecule has 0 spiro atoms. The summed E-state index contributed by atoms with van der Waals surface area (Å²) in [5.74, 6) is 1.71. The Bertz CT molecular complexity index is 433. The van der Waals surface area contributed by atoms with Gasteiger partial charge in [0.15, 0.2) is 5.96 Å². The maximum Gasteiger partial charge on any atom is 0.191 e. The van der Waals surface area contributed by atoms with Crippen molar-refractivity contribution >= 4 is 41.5 Å².